The predicted molar refractivity (Wildman–Crippen MR) is 54.5 cm³/mol. The third kappa shape index (κ3) is 2.43. The van der Waals surface area contributed by atoms with Gasteiger partial charge in [-0.1, -0.05) is 0 Å². The number of nitrogens with zero attached hydrogens (tertiary/aromatic N) is 1. The van der Waals surface area contributed by atoms with E-state index in [0.717, 1.165) is 12.1 Å². The zero-order valence-electron chi connectivity index (χ0n) is 8.50. The lowest BCUT2D eigenvalue weighted by Gasteiger charge is -2.05. The van der Waals surface area contributed by atoms with Crippen LogP contribution in [0.4, 0.5) is 17.6 Å². The molecule has 0 saturated heterocycles. The molecule has 0 N–H and O–H groups in total. The van der Waals surface area contributed by atoms with Gasteiger partial charge in [-0.15, -0.1) is 0 Å². The average Bonchev–Trinajstić information content (AvgIpc) is 2.29. The van der Waals surface area contributed by atoms with Gasteiger partial charge >= 0.3 is 0 Å². The van der Waals surface area contributed by atoms with Crippen molar-refractivity contribution in [3.05, 3.63) is 53.9 Å². The Morgan fingerprint density at radius 3 is 2.41 bits per heavy atom. The van der Waals surface area contributed by atoms with E-state index in [1.54, 1.807) is 0 Å². The number of alkyl halides is 2. The molecule has 0 fully saturated rings. The van der Waals surface area contributed by atoms with Crippen LogP contribution in [-0.2, 0) is 0 Å². The van der Waals surface area contributed by atoms with Gasteiger partial charge in [0.15, 0.2) is 0 Å². The molecule has 0 aliphatic carbocycles. The first kappa shape index (κ1) is 11.6. The van der Waals surface area contributed by atoms with Crippen molar-refractivity contribution >= 4 is 0 Å². The molecule has 0 bridgehead atoms. The number of pyridine rings is 1. The van der Waals surface area contributed by atoms with E-state index in [9.17, 15) is 17.6 Å². The van der Waals surface area contributed by atoms with Crippen LogP contribution in [-0.4, -0.2) is 4.98 Å². The summed E-state index contributed by atoms with van der Waals surface area (Å²) in [5.74, 6) is -1.51. The molecule has 0 atom stereocenters. The molecule has 0 radical (unpaired) electrons. The van der Waals surface area contributed by atoms with Crippen LogP contribution in [0.15, 0.2) is 36.5 Å². The monoisotopic (exact) mass is 241 g/mol. The molecule has 1 aromatic heterocycles. The number of aromatic nitrogens is 1. The molecule has 0 aliphatic rings. The summed E-state index contributed by atoms with van der Waals surface area (Å²) in [5.41, 5.74) is -0.130. The number of hydrogen-bond acceptors (Lipinski definition) is 1. The lowest BCUT2D eigenvalue weighted by Crippen LogP contribution is -1.92. The molecular formula is C12H7F4N. The van der Waals surface area contributed by atoms with Crippen molar-refractivity contribution in [1.29, 1.82) is 0 Å². The van der Waals surface area contributed by atoms with Gasteiger partial charge < -0.3 is 0 Å². The maximum absolute atomic E-state index is 13.4. The van der Waals surface area contributed by atoms with E-state index in [2.05, 4.69) is 4.98 Å². The predicted octanol–water partition coefficient (Wildman–Crippen LogP) is 3.96. The topological polar surface area (TPSA) is 12.9 Å². The van der Waals surface area contributed by atoms with Gasteiger partial charge in [-0.2, -0.15) is 0 Å². The van der Waals surface area contributed by atoms with Crippen molar-refractivity contribution in [2.75, 3.05) is 0 Å². The summed E-state index contributed by atoms with van der Waals surface area (Å²) in [6, 6.07) is 5.46. The van der Waals surface area contributed by atoms with Crippen molar-refractivity contribution in [3.63, 3.8) is 0 Å². The minimum Gasteiger partial charge on any atom is -0.255 e. The molecule has 0 unspecified atom stereocenters. The van der Waals surface area contributed by atoms with Crippen LogP contribution in [0, 0.1) is 11.6 Å². The van der Waals surface area contributed by atoms with Gasteiger partial charge in [0, 0.05) is 17.8 Å². The molecule has 0 saturated carbocycles. The van der Waals surface area contributed by atoms with E-state index in [4.69, 9.17) is 0 Å². The van der Waals surface area contributed by atoms with E-state index in [1.807, 2.05) is 0 Å². The zero-order valence-corrected chi connectivity index (χ0v) is 8.50. The smallest absolute Gasteiger partial charge is 0.255 e. The summed E-state index contributed by atoms with van der Waals surface area (Å²) in [4.78, 5) is 3.47. The van der Waals surface area contributed by atoms with E-state index in [1.165, 1.54) is 18.3 Å². The van der Waals surface area contributed by atoms with E-state index in [-0.39, 0.29) is 11.1 Å². The first-order valence-electron chi connectivity index (χ1n) is 4.77. The van der Waals surface area contributed by atoms with Crippen molar-refractivity contribution in [2.24, 2.45) is 0 Å². The Hall–Kier alpha value is -1.91. The Balaban J connectivity index is 2.49. The lowest BCUT2D eigenvalue weighted by molar-refractivity contribution is 0.146. The van der Waals surface area contributed by atoms with Gasteiger partial charge in [0.05, 0.1) is 0 Å². The molecule has 2 aromatic rings. The first-order valence-corrected chi connectivity index (χ1v) is 4.77. The summed E-state index contributed by atoms with van der Waals surface area (Å²) >= 11 is 0. The molecule has 0 amide bonds. The van der Waals surface area contributed by atoms with Crippen LogP contribution in [0.3, 0.4) is 0 Å². The van der Waals surface area contributed by atoms with Crippen molar-refractivity contribution in [1.82, 2.24) is 4.98 Å². The second kappa shape index (κ2) is 4.53. The minimum atomic E-state index is -2.72. The fraction of sp³-hybridized carbons (Fsp3) is 0.0833. The molecule has 1 aromatic carbocycles. The largest absolute Gasteiger partial charge is 0.280 e. The van der Waals surface area contributed by atoms with Crippen molar-refractivity contribution in [3.8, 4) is 11.1 Å². The zero-order chi connectivity index (χ0) is 12.4. The quantitative estimate of drug-likeness (QED) is 0.725. The fourth-order valence-electron chi connectivity index (χ4n) is 1.46. The maximum atomic E-state index is 13.4. The highest BCUT2D eigenvalue weighted by molar-refractivity contribution is 5.64. The first-order chi connectivity index (χ1) is 8.08. The van der Waals surface area contributed by atoms with Gasteiger partial charge in [0.25, 0.3) is 6.43 Å². The number of hydrogen-bond donors (Lipinski definition) is 0. The van der Waals surface area contributed by atoms with Gasteiger partial charge in [-0.25, -0.2) is 17.6 Å². The van der Waals surface area contributed by atoms with Gasteiger partial charge in [0.1, 0.15) is 17.3 Å². The Morgan fingerprint density at radius 1 is 1.00 bits per heavy atom. The average molecular weight is 241 g/mol. The normalized spacial score (nSPS) is 10.9. The molecule has 2 rings (SSSR count). The standard InChI is InChI=1S/C12H7F4N/c13-8-1-2-9(10(14)6-8)7-3-4-17-11(5-7)12(15)16/h1-6,12H. The van der Waals surface area contributed by atoms with Gasteiger partial charge in [0.2, 0.25) is 0 Å². The van der Waals surface area contributed by atoms with E-state index >= 15 is 0 Å². The number of rotatable bonds is 2. The summed E-state index contributed by atoms with van der Waals surface area (Å²) in [6.45, 7) is 0. The molecule has 88 valence electrons. The lowest BCUT2D eigenvalue weighted by atomic mass is 10.1. The fourth-order valence-corrected chi connectivity index (χ4v) is 1.46. The Labute approximate surface area is 94.7 Å². The summed E-state index contributed by atoms with van der Waals surface area (Å²) < 4.78 is 50.9. The SMILES string of the molecule is Fc1ccc(-c2ccnc(C(F)F)c2)c(F)c1. The van der Waals surface area contributed by atoms with Crippen LogP contribution in [0.1, 0.15) is 12.1 Å². The highest BCUT2D eigenvalue weighted by atomic mass is 19.3. The number of halogens is 4. The Morgan fingerprint density at radius 2 is 1.76 bits per heavy atom. The number of benzene rings is 1. The van der Waals surface area contributed by atoms with Crippen molar-refractivity contribution in [2.45, 2.75) is 6.43 Å². The molecule has 1 nitrogen and oxygen atoms in total. The highest BCUT2D eigenvalue weighted by Crippen LogP contribution is 2.26. The molecule has 5 heteroatoms. The maximum Gasteiger partial charge on any atom is 0.280 e. The van der Waals surface area contributed by atoms with Crippen LogP contribution >= 0.6 is 0 Å². The Kier molecular flexibility index (Phi) is 3.08. The summed E-state index contributed by atoms with van der Waals surface area (Å²) in [5, 5.41) is 0. The van der Waals surface area contributed by atoms with Crippen LogP contribution in [0.2, 0.25) is 0 Å². The van der Waals surface area contributed by atoms with Crippen LogP contribution < -0.4 is 0 Å². The second-order valence-electron chi connectivity index (χ2n) is 3.39. The molecule has 0 aliphatic heterocycles. The highest BCUT2D eigenvalue weighted by Gasteiger charge is 2.12. The van der Waals surface area contributed by atoms with E-state index < -0.39 is 23.8 Å². The van der Waals surface area contributed by atoms with Gasteiger partial charge in [-0.05, 0) is 29.8 Å². The third-order valence-corrected chi connectivity index (χ3v) is 2.25. The van der Waals surface area contributed by atoms with E-state index in [0.29, 0.717) is 6.07 Å². The molecule has 0 spiro atoms. The van der Waals surface area contributed by atoms with Crippen molar-refractivity contribution < 1.29 is 17.6 Å². The van der Waals surface area contributed by atoms with Crippen LogP contribution in [0.5, 0.6) is 0 Å². The van der Waals surface area contributed by atoms with Crippen LogP contribution in [0.25, 0.3) is 11.1 Å². The second-order valence-corrected chi connectivity index (χ2v) is 3.39. The molecular weight excluding hydrogens is 234 g/mol. The molecule has 1 heterocycles. The van der Waals surface area contributed by atoms with Gasteiger partial charge in [-0.3, -0.25) is 4.98 Å². The minimum absolute atomic E-state index is 0.0655. The summed E-state index contributed by atoms with van der Waals surface area (Å²) in [7, 11) is 0. The Bertz CT molecular complexity index is 540. The summed E-state index contributed by atoms with van der Waals surface area (Å²) in [6.07, 6.45) is -1.56. The molecule has 17 heavy (non-hydrogen) atoms. The third-order valence-electron chi connectivity index (χ3n) is 2.25.